The molecule has 1 aromatic rings. The molecule has 1 heterocycles. The Kier molecular flexibility index (Phi) is 2.25. The Balaban J connectivity index is 1.60. The third-order valence-electron chi connectivity index (χ3n) is 3.12. The van der Waals surface area contributed by atoms with Crippen LogP contribution in [0.4, 0.5) is 0 Å². The van der Waals surface area contributed by atoms with Crippen molar-refractivity contribution >= 4 is 13.8 Å². The third-order valence-corrected chi connectivity index (χ3v) is 3.12. The highest BCUT2D eigenvalue weighted by Crippen LogP contribution is 2.47. The third kappa shape index (κ3) is 1.63. The van der Waals surface area contributed by atoms with E-state index in [1.165, 1.54) is 0 Å². The number of benzene rings is 1. The van der Waals surface area contributed by atoms with Crippen LogP contribution in [0.25, 0.3) is 0 Å². The van der Waals surface area contributed by atoms with Crippen LogP contribution < -0.4 is 0 Å². The maximum Gasteiger partial charge on any atom is 0.338 e. The Bertz CT molecular complexity index is 394. The Morgan fingerprint density at radius 3 is 2.75 bits per heavy atom. The molecule has 1 aliphatic carbocycles. The summed E-state index contributed by atoms with van der Waals surface area (Å²) < 4.78 is 10.7. The second-order valence-electron chi connectivity index (χ2n) is 4.27. The number of carbonyl (C=O) groups excluding carboxylic acids is 1. The molecule has 3 rings (SSSR count). The van der Waals surface area contributed by atoms with Crippen LogP contribution in [0.15, 0.2) is 30.3 Å². The summed E-state index contributed by atoms with van der Waals surface area (Å²) in [4.78, 5) is 11.7. The summed E-state index contributed by atoms with van der Waals surface area (Å²) in [5, 5.41) is 0. The summed E-state index contributed by atoms with van der Waals surface area (Å²) in [6, 6.07) is 8.81. The van der Waals surface area contributed by atoms with Gasteiger partial charge in [0.05, 0.1) is 5.56 Å². The number of hydrogen-bond donors (Lipinski definition) is 0. The molecule has 0 spiro atoms. The molecule has 1 saturated carbocycles. The molecule has 4 unspecified atom stereocenters. The largest absolute Gasteiger partial charge is 0.456 e. The Morgan fingerprint density at radius 2 is 2.12 bits per heavy atom. The highest BCUT2D eigenvalue weighted by atomic mass is 16.6. The monoisotopic (exact) mass is 214 g/mol. The van der Waals surface area contributed by atoms with Gasteiger partial charge in [0.25, 0.3) is 0 Å². The van der Waals surface area contributed by atoms with Gasteiger partial charge in [-0.2, -0.15) is 0 Å². The minimum absolute atomic E-state index is 0.0302. The zero-order chi connectivity index (χ0) is 11.1. The van der Waals surface area contributed by atoms with E-state index in [1.807, 2.05) is 18.2 Å². The molecule has 4 atom stereocenters. The van der Waals surface area contributed by atoms with Crippen molar-refractivity contribution in [1.29, 1.82) is 0 Å². The van der Waals surface area contributed by atoms with E-state index in [-0.39, 0.29) is 24.2 Å². The number of hydrogen-bond acceptors (Lipinski definition) is 3. The zero-order valence-corrected chi connectivity index (χ0v) is 8.71. The lowest BCUT2D eigenvalue weighted by molar-refractivity contribution is 0.0215. The van der Waals surface area contributed by atoms with E-state index in [9.17, 15) is 4.79 Å². The number of rotatable bonds is 2. The van der Waals surface area contributed by atoms with Crippen molar-refractivity contribution in [2.45, 2.75) is 24.6 Å². The minimum atomic E-state index is -0.280. The second kappa shape index (κ2) is 3.63. The molecule has 0 bridgehead atoms. The minimum Gasteiger partial charge on any atom is -0.456 e. The summed E-state index contributed by atoms with van der Waals surface area (Å²) in [7, 11) is 5.60. The van der Waals surface area contributed by atoms with Gasteiger partial charge in [-0.25, -0.2) is 4.79 Å². The van der Waals surface area contributed by atoms with Crippen LogP contribution >= 0.6 is 0 Å². The average Bonchev–Trinajstić information content (AvgIpc) is 2.74. The van der Waals surface area contributed by atoms with Crippen LogP contribution in [-0.4, -0.2) is 32.0 Å². The maximum atomic E-state index is 11.7. The quantitative estimate of drug-likeness (QED) is 0.546. The van der Waals surface area contributed by atoms with Gasteiger partial charge < -0.3 is 9.47 Å². The van der Waals surface area contributed by atoms with Crippen LogP contribution in [0.2, 0.25) is 0 Å². The van der Waals surface area contributed by atoms with Crippen molar-refractivity contribution in [3.8, 4) is 0 Å². The molecule has 2 aliphatic rings. The summed E-state index contributed by atoms with van der Waals surface area (Å²) >= 11 is 0. The molecule has 16 heavy (non-hydrogen) atoms. The van der Waals surface area contributed by atoms with Gasteiger partial charge in [-0.1, -0.05) is 18.2 Å². The van der Waals surface area contributed by atoms with Gasteiger partial charge in [-0.15, -0.1) is 0 Å². The fourth-order valence-corrected chi connectivity index (χ4v) is 2.21. The lowest BCUT2D eigenvalue weighted by Gasteiger charge is -2.10. The van der Waals surface area contributed by atoms with Gasteiger partial charge in [0.2, 0.25) is 0 Å². The average molecular weight is 214 g/mol. The highest BCUT2D eigenvalue weighted by molar-refractivity contribution is 6.11. The first-order valence-corrected chi connectivity index (χ1v) is 5.43. The predicted molar refractivity (Wildman–Crippen MR) is 58.2 cm³/mol. The molecule has 3 nitrogen and oxygen atoms in total. The molecule has 0 N–H and O–H groups in total. The maximum absolute atomic E-state index is 11.7. The van der Waals surface area contributed by atoms with Gasteiger partial charge in [-0.05, 0) is 18.6 Å². The molecule has 1 saturated heterocycles. The number of ether oxygens (including phenoxy) is 2. The molecule has 1 aliphatic heterocycles. The summed E-state index contributed by atoms with van der Waals surface area (Å²) in [5.74, 6) is 0.0276. The molecule has 2 fully saturated rings. The first-order valence-electron chi connectivity index (χ1n) is 5.43. The Labute approximate surface area is 95.1 Å². The van der Waals surface area contributed by atoms with E-state index in [0.29, 0.717) is 11.5 Å². The van der Waals surface area contributed by atoms with E-state index in [0.717, 1.165) is 6.42 Å². The first-order chi connectivity index (χ1) is 7.75. The topological polar surface area (TPSA) is 35.5 Å². The fraction of sp³-hybridized carbons (Fsp3) is 0.417. The van der Waals surface area contributed by atoms with Crippen LogP contribution in [0.1, 0.15) is 16.8 Å². The first kappa shape index (κ1) is 9.91. The molecule has 0 amide bonds. The molecular formula is C12H11BO3. The van der Waals surface area contributed by atoms with E-state index >= 15 is 0 Å². The van der Waals surface area contributed by atoms with Gasteiger partial charge in [0, 0.05) is 11.9 Å². The van der Waals surface area contributed by atoms with Gasteiger partial charge in [0.15, 0.2) is 0 Å². The Hall–Kier alpha value is -1.29. The molecule has 4 heteroatoms. The molecule has 2 radical (unpaired) electrons. The summed E-state index contributed by atoms with van der Waals surface area (Å²) in [6.45, 7) is 0. The number of esters is 1. The van der Waals surface area contributed by atoms with Crippen LogP contribution in [0.3, 0.4) is 0 Å². The summed E-state index contributed by atoms with van der Waals surface area (Å²) in [6.07, 6.45) is 0.729. The van der Waals surface area contributed by atoms with Crippen molar-refractivity contribution in [3.05, 3.63) is 35.9 Å². The van der Waals surface area contributed by atoms with Crippen LogP contribution in [0.5, 0.6) is 0 Å². The van der Waals surface area contributed by atoms with Crippen molar-refractivity contribution in [2.24, 2.45) is 5.92 Å². The fourth-order valence-electron chi connectivity index (χ4n) is 2.21. The predicted octanol–water partition coefficient (Wildman–Crippen LogP) is 1.13. The van der Waals surface area contributed by atoms with E-state index in [4.69, 9.17) is 17.3 Å². The summed E-state index contributed by atoms with van der Waals surface area (Å²) in [5.41, 5.74) is 0.580. The number of fused-ring (bicyclic) bond motifs is 1. The van der Waals surface area contributed by atoms with E-state index in [2.05, 4.69) is 0 Å². The standard InChI is InChI=1S/C12H11BO3/c13-9-6-8-10(15-9)11(8)16-12(14)7-4-2-1-3-5-7/h1-5,8-11H,6H2. The zero-order valence-electron chi connectivity index (χ0n) is 8.71. The van der Waals surface area contributed by atoms with E-state index < -0.39 is 0 Å². The van der Waals surface area contributed by atoms with Crippen molar-refractivity contribution < 1.29 is 14.3 Å². The number of carbonyl (C=O) groups is 1. The highest BCUT2D eigenvalue weighted by Gasteiger charge is 2.59. The molecular weight excluding hydrogens is 203 g/mol. The van der Waals surface area contributed by atoms with Gasteiger partial charge in [-0.3, -0.25) is 0 Å². The van der Waals surface area contributed by atoms with E-state index in [1.54, 1.807) is 12.1 Å². The van der Waals surface area contributed by atoms with Crippen molar-refractivity contribution in [2.75, 3.05) is 0 Å². The van der Waals surface area contributed by atoms with Crippen molar-refractivity contribution in [3.63, 3.8) is 0 Å². The molecule has 0 aromatic heterocycles. The molecule has 1 aromatic carbocycles. The molecule has 80 valence electrons. The second-order valence-corrected chi connectivity index (χ2v) is 4.27. The SMILES string of the molecule is [B]C1CC2C(OC(=O)c3ccccc3)C2O1. The van der Waals surface area contributed by atoms with Crippen LogP contribution in [-0.2, 0) is 9.47 Å². The van der Waals surface area contributed by atoms with Gasteiger partial charge >= 0.3 is 5.97 Å². The lowest BCUT2D eigenvalue weighted by Crippen LogP contribution is -2.18. The van der Waals surface area contributed by atoms with Crippen molar-refractivity contribution in [1.82, 2.24) is 0 Å². The Morgan fingerprint density at radius 1 is 1.38 bits per heavy atom. The van der Waals surface area contributed by atoms with Crippen LogP contribution in [0, 0.1) is 5.92 Å². The normalized spacial score (nSPS) is 35.5. The smallest absolute Gasteiger partial charge is 0.338 e. The van der Waals surface area contributed by atoms with Gasteiger partial charge in [0.1, 0.15) is 20.1 Å². The lowest BCUT2D eigenvalue weighted by atomic mass is 9.96.